The number of nitrogens with one attached hydrogen (secondary N) is 2. The molecule has 0 bridgehead atoms. The predicted molar refractivity (Wildman–Crippen MR) is 236 cm³/mol. The highest BCUT2D eigenvalue weighted by Crippen LogP contribution is 2.43. The van der Waals surface area contributed by atoms with E-state index in [9.17, 15) is 51.3 Å². The predicted octanol–water partition coefficient (Wildman–Crippen LogP) is 5.34. The number of halogens is 7. The molecule has 26 heteroatoms. The minimum absolute atomic E-state index is 0.0106. The maximum absolute atomic E-state index is 14.5. The van der Waals surface area contributed by atoms with Crippen molar-refractivity contribution in [3.05, 3.63) is 129 Å². The highest BCUT2D eigenvalue weighted by Gasteiger charge is 2.50. The summed E-state index contributed by atoms with van der Waals surface area (Å²) in [5, 5.41) is 38.7. The number of alkyl halides is 3. The molecule has 4 N–H and O–H groups in total. The first-order chi connectivity index (χ1) is 33.9. The van der Waals surface area contributed by atoms with E-state index in [-0.39, 0.29) is 77.9 Å². The number of pyridine rings is 1. The Bertz CT molecular complexity index is 3050. The summed E-state index contributed by atoms with van der Waals surface area (Å²) >= 11 is 11.9. The van der Waals surface area contributed by atoms with Gasteiger partial charge < -0.3 is 34.6 Å². The van der Waals surface area contributed by atoms with Gasteiger partial charge in [0.15, 0.2) is 5.82 Å². The average molecular weight is 1030 g/mol. The number of ether oxygens (including phenoxy) is 3. The summed E-state index contributed by atoms with van der Waals surface area (Å²) in [4.78, 5) is 60.4. The Morgan fingerprint density at radius 2 is 1.80 bits per heavy atom. The topological polar surface area (TPSA) is 238 Å². The van der Waals surface area contributed by atoms with Gasteiger partial charge in [-0.1, -0.05) is 28.4 Å². The van der Waals surface area contributed by atoms with Gasteiger partial charge in [0.2, 0.25) is 11.8 Å². The molecule has 0 radical (unpaired) electrons. The molecule has 0 aliphatic carbocycles. The zero-order valence-corrected chi connectivity index (χ0v) is 38.1. The number of anilines is 1. The van der Waals surface area contributed by atoms with Crippen molar-refractivity contribution < 1.29 is 65.6 Å². The van der Waals surface area contributed by atoms with Gasteiger partial charge in [-0.2, -0.15) is 18.3 Å². The molecule has 6 atom stereocenters. The fraction of sp³-hybridized carbons (Fsp3) is 0.311. The number of rotatable bonds is 13. The summed E-state index contributed by atoms with van der Waals surface area (Å²) in [6.45, 7) is 0.122. The third-order valence-corrected chi connectivity index (χ3v) is 12.5. The van der Waals surface area contributed by atoms with Gasteiger partial charge in [-0.15, -0.1) is 5.10 Å². The summed E-state index contributed by atoms with van der Waals surface area (Å²) in [5.74, 6) is -4.23. The average Bonchev–Trinajstić information content (AvgIpc) is 4.06. The molecular weight excluding hydrogens is 990 g/mol. The number of aromatic nitrogens is 7. The SMILES string of the molecule is Cc1nc([C@@H]2O[C@H](CO)[C@H](O)[C@H](n3cc(-c4cc(F)c(Cl)c(F)c4)nn3)[C@H]2OCCOc2ccc(C(=O)Nc3ccc4c(c3)CN(C3CCC(=O)NC3=O)C4=O)nc2)n(-c2cc(Cl)ccc2C(F)(F)F)n1. The van der Waals surface area contributed by atoms with E-state index < -0.39 is 94.9 Å². The number of aliphatic hydroxyl groups is 2. The molecule has 0 spiro atoms. The quantitative estimate of drug-likeness (QED) is 0.0495. The Kier molecular flexibility index (Phi) is 13.6. The van der Waals surface area contributed by atoms with Crippen LogP contribution < -0.4 is 15.4 Å². The minimum Gasteiger partial charge on any atom is -0.490 e. The lowest BCUT2D eigenvalue weighted by atomic mass is 9.91. The number of piperidine rings is 1. The van der Waals surface area contributed by atoms with Crippen molar-refractivity contribution >= 4 is 52.5 Å². The zero-order chi connectivity index (χ0) is 50.5. The molecule has 71 heavy (non-hydrogen) atoms. The van der Waals surface area contributed by atoms with Gasteiger partial charge in [-0.25, -0.2) is 28.1 Å². The summed E-state index contributed by atoms with van der Waals surface area (Å²) in [5.41, 5.74) is -0.579. The highest BCUT2D eigenvalue weighted by molar-refractivity contribution is 6.31. The van der Waals surface area contributed by atoms with Crippen LogP contribution in [0.4, 0.5) is 27.6 Å². The number of aryl methyl sites for hydroxylation is 1. The fourth-order valence-electron chi connectivity index (χ4n) is 8.55. The highest BCUT2D eigenvalue weighted by atomic mass is 35.5. The monoisotopic (exact) mass is 1030 g/mol. The zero-order valence-electron chi connectivity index (χ0n) is 36.6. The van der Waals surface area contributed by atoms with Gasteiger partial charge in [0.05, 0.1) is 36.9 Å². The molecule has 2 saturated heterocycles. The second-order valence-corrected chi connectivity index (χ2v) is 17.3. The standard InChI is InChI=1S/C45H37Cl2F5N10O9/c1-20-54-41(62(58-20)33-15-23(46)2-6-27(33)45(50,51)52)40-39(37(38(65)34(19-63)71-40)61-18-31(57-59-61)21-13-28(48)36(47)29(49)14-21)70-11-10-69-25-4-7-30(53-16-25)42(66)55-24-3-5-26-22(12-24)17-60(44(26)68)32-8-9-35(64)56-43(32)67/h2-7,12-16,18,32,34,37-40,63,65H,8-11,17,19H2,1H3,(H,55,66)(H,56,64,67)/t32?,34-,37+,38+,39-,40-/m1/s1. The van der Waals surface area contributed by atoms with Gasteiger partial charge >= 0.3 is 6.18 Å². The summed E-state index contributed by atoms with van der Waals surface area (Å²) in [7, 11) is 0. The molecule has 3 aromatic carbocycles. The molecule has 9 rings (SSSR count). The molecule has 3 aromatic heterocycles. The van der Waals surface area contributed by atoms with Crippen LogP contribution in [0.5, 0.6) is 5.75 Å². The van der Waals surface area contributed by atoms with Crippen LogP contribution in [-0.4, -0.2) is 118 Å². The Morgan fingerprint density at radius 1 is 1.03 bits per heavy atom. The van der Waals surface area contributed by atoms with Crippen LogP contribution in [0.3, 0.4) is 0 Å². The Morgan fingerprint density at radius 3 is 2.51 bits per heavy atom. The number of carbonyl (C=O) groups excluding carboxylic acids is 4. The Balaban J connectivity index is 0.938. The maximum Gasteiger partial charge on any atom is 0.418 e. The lowest BCUT2D eigenvalue weighted by Crippen LogP contribution is -2.54. The van der Waals surface area contributed by atoms with E-state index in [1.165, 1.54) is 48.5 Å². The van der Waals surface area contributed by atoms with Crippen molar-refractivity contribution in [2.45, 2.75) is 69.0 Å². The largest absolute Gasteiger partial charge is 0.490 e. The van der Waals surface area contributed by atoms with Crippen molar-refractivity contribution in [2.24, 2.45) is 0 Å². The van der Waals surface area contributed by atoms with Crippen molar-refractivity contribution in [2.75, 3.05) is 25.1 Å². The minimum atomic E-state index is -4.89. The van der Waals surface area contributed by atoms with Crippen LogP contribution in [0.25, 0.3) is 16.9 Å². The normalized spacial score (nSPS) is 21.3. The van der Waals surface area contributed by atoms with Gasteiger partial charge in [0.1, 0.15) is 82.7 Å². The van der Waals surface area contributed by atoms with Gasteiger partial charge in [-0.3, -0.25) is 24.5 Å². The van der Waals surface area contributed by atoms with E-state index in [0.29, 0.717) is 16.8 Å². The van der Waals surface area contributed by atoms with Gasteiger partial charge in [0, 0.05) is 34.8 Å². The van der Waals surface area contributed by atoms with Crippen LogP contribution in [-0.2, 0) is 31.8 Å². The molecule has 3 aliphatic heterocycles. The van der Waals surface area contributed by atoms with E-state index in [4.69, 9.17) is 37.4 Å². The molecule has 3 aliphatic rings. The van der Waals surface area contributed by atoms with Crippen molar-refractivity contribution in [3.8, 4) is 22.7 Å². The van der Waals surface area contributed by atoms with E-state index in [1.54, 1.807) is 6.07 Å². The maximum atomic E-state index is 14.5. The molecule has 1 unspecified atom stereocenters. The van der Waals surface area contributed by atoms with Crippen molar-refractivity contribution in [1.29, 1.82) is 0 Å². The number of hydrogen-bond donors (Lipinski definition) is 4. The summed E-state index contributed by atoms with van der Waals surface area (Å²) in [6.07, 6.45) is -8.22. The first-order valence-electron chi connectivity index (χ1n) is 21.5. The molecule has 370 valence electrons. The molecular formula is C45H37Cl2F5N10O9. The van der Waals surface area contributed by atoms with Crippen molar-refractivity contribution in [3.63, 3.8) is 0 Å². The smallest absolute Gasteiger partial charge is 0.418 e. The first-order valence-corrected chi connectivity index (χ1v) is 22.2. The van der Waals surface area contributed by atoms with Crippen LogP contribution in [0.1, 0.15) is 68.6 Å². The Labute approximate surface area is 407 Å². The number of aliphatic hydroxyl groups excluding tert-OH is 2. The third kappa shape index (κ3) is 9.90. The Hall–Kier alpha value is -6.96. The summed E-state index contributed by atoms with van der Waals surface area (Å²) < 4.78 is 92.7. The number of carbonyl (C=O) groups is 4. The van der Waals surface area contributed by atoms with Crippen LogP contribution in [0, 0.1) is 18.6 Å². The molecule has 0 saturated carbocycles. The molecule has 6 heterocycles. The fourth-order valence-corrected chi connectivity index (χ4v) is 8.83. The lowest BCUT2D eigenvalue weighted by Gasteiger charge is -2.43. The second-order valence-electron chi connectivity index (χ2n) is 16.5. The third-order valence-electron chi connectivity index (χ3n) is 11.9. The summed E-state index contributed by atoms with van der Waals surface area (Å²) in [6, 6.07) is 9.95. The van der Waals surface area contributed by atoms with E-state index in [2.05, 4.69) is 36.0 Å². The lowest BCUT2D eigenvalue weighted by molar-refractivity contribution is -0.225. The number of imide groups is 1. The van der Waals surface area contributed by atoms with Crippen LogP contribution in [0.15, 0.2) is 73.1 Å². The molecule has 2 fully saturated rings. The molecule has 4 amide bonds. The second kappa shape index (κ2) is 19.7. The number of nitrogens with zero attached hydrogens (tertiary/aromatic N) is 8. The van der Waals surface area contributed by atoms with E-state index in [0.717, 1.165) is 39.7 Å². The van der Waals surface area contributed by atoms with Crippen LogP contribution in [0.2, 0.25) is 10.0 Å². The number of benzene rings is 3. The number of amides is 4. The first kappa shape index (κ1) is 49.0. The number of fused-ring (bicyclic) bond motifs is 1. The van der Waals surface area contributed by atoms with E-state index >= 15 is 0 Å². The number of hydrogen-bond acceptors (Lipinski definition) is 14. The molecule has 19 nitrogen and oxygen atoms in total. The van der Waals surface area contributed by atoms with Gasteiger partial charge in [0.25, 0.3) is 11.8 Å². The van der Waals surface area contributed by atoms with E-state index in [1.807, 2.05) is 0 Å². The van der Waals surface area contributed by atoms with Crippen LogP contribution >= 0.6 is 23.2 Å². The molecule has 6 aromatic rings. The van der Waals surface area contributed by atoms with Crippen molar-refractivity contribution in [1.82, 2.24) is 45.0 Å². The van der Waals surface area contributed by atoms with Gasteiger partial charge in [-0.05, 0) is 79.6 Å².